The fourth-order valence-corrected chi connectivity index (χ4v) is 3.18. The Morgan fingerprint density at radius 3 is 2.52 bits per heavy atom. The van der Waals surface area contributed by atoms with Crippen LogP contribution in [0.4, 0.5) is 4.79 Å². The zero-order chi connectivity index (χ0) is 15.1. The van der Waals surface area contributed by atoms with Gasteiger partial charge in [-0.2, -0.15) is 0 Å². The Hall–Kier alpha value is -1.55. The van der Waals surface area contributed by atoms with Gasteiger partial charge in [0.05, 0.1) is 0 Å². The van der Waals surface area contributed by atoms with E-state index in [1.165, 1.54) is 5.56 Å². The normalized spacial score (nSPS) is 23.4. The summed E-state index contributed by atoms with van der Waals surface area (Å²) in [4.78, 5) is 13.8. The van der Waals surface area contributed by atoms with Crippen molar-refractivity contribution in [3.05, 3.63) is 35.9 Å². The number of nitrogens with zero attached hydrogens (tertiary/aromatic N) is 1. The maximum absolute atomic E-state index is 12.0. The zero-order valence-corrected chi connectivity index (χ0v) is 13.1. The maximum Gasteiger partial charge on any atom is 0.410 e. The SMILES string of the molecule is CC(C)(C)OC(=O)N1CC2(CNC2Cc2ccccc2)C1. The molecule has 2 aliphatic rings. The van der Waals surface area contributed by atoms with Gasteiger partial charge in [-0.3, -0.25) is 0 Å². The van der Waals surface area contributed by atoms with Crippen LogP contribution in [0.15, 0.2) is 30.3 Å². The molecule has 0 aromatic heterocycles. The van der Waals surface area contributed by atoms with Crippen LogP contribution in [0.5, 0.6) is 0 Å². The Labute approximate surface area is 126 Å². The van der Waals surface area contributed by atoms with E-state index in [2.05, 4.69) is 29.6 Å². The van der Waals surface area contributed by atoms with Crippen LogP contribution < -0.4 is 5.32 Å². The lowest BCUT2D eigenvalue weighted by Gasteiger charge is -2.60. The molecule has 1 unspecified atom stereocenters. The Morgan fingerprint density at radius 2 is 2.00 bits per heavy atom. The zero-order valence-electron chi connectivity index (χ0n) is 13.1. The first-order chi connectivity index (χ1) is 9.88. The Balaban J connectivity index is 1.54. The minimum absolute atomic E-state index is 0.182. The van der Waals surface area contributed by atoms with E-state index in [0.29, 0.717) is 6.04 Å². The third-order valence-electron chi connectivity index (χ3n) is 4.39. The van der Waals surface area contributed by atoms with Gasteiger partial charge in [-0.1, -0.05) is 30.3 Å². The van der Waals surface area contributed by atoms with Crippen molar-refractivity contribution >= 4 is 6.09 Å². The lowest BCUT2D eigenvalue weighted by Crippen LogP contribution is -2.77. The van der Waals surface area contributed by atoms with Gasteiger partial charge < -0.3 is 15.0 Å². The first-order valence-electron chi connectivity index (χ1n) is 7.63. The summed E-state index contributed by atoms with van der Waals surface area (Å²) in [7, 11) is 0. The average molecular weight is 288 g/mol. The van der Waals surface area contributed by atoms with Crippen LogP contribution >= 0.6 is 0 Å². The van der Waals surface area contributed by atoms with Crippen molar-refractivity contribution in [1.29, 1.82) is 0 Å². The van der Waals surface area contributed by atoms with Crippen molar-refractivity contribution in [2.24, 2.45) is 5.41 Å². The third-order valence-corrected chi connectivity index (χ3v) is 4.39. The molecular weight excluding hydrogens is 264 g/mol. The van der Waals surface area contributed by atoms with Gasteiger partial charge in [0.25, 0.3) is 0 Å². The predicted molar refractivity (Wildman–Crippen MR) is 82.2 cm³/mol. The number of nitrogens with one attached hydrogen (secondary N) is 1. The number of ether oxygens (including phenoxy) is 1. The molecule has 1 spiro atoms. The highest BCUT2D eigenvalue weighted by Gasteiger charge is 2.56. The number of likely N-dealkylation sites (tertiary alicyclic amines) is 1. The van der Waals surface area contributed by atoms with E-state index in [1.807, 2.05) is 31.7 Å². The number of rotatable bonds is 2. The lowest BCUT2D eigenvalue weighted by molar-refractivity contribution is -0.0837. The first kappa shape index (κ1) is 14.4. The van der Waals surface area contributed by atoms with Crippen molar-refractivity contribution in [1.82, 2.24) is 10.2 Å². The summed E-state index contributed by atoms with van der Waals surface area (Å²) in [6.45, 7) is 8.35. The summed E-state index contributed by atoms with van der Waals surface area (Å²) < 4.78 is 5.42. The molecule has 0 radical (unpaired) electrons. The summed E-state index contributed by atoms with van der Waals surface area (Å²) >= 11 is 0. The van der Waals surface area contributed by atoms with E-state index in [-0.39, 0.29) is 11.5 Å². The van der Waals surface area contributed by atoms with Crippen LogP contribution in [0.2, 0.25) is 0 Å². The average Bonchev–Trinajstić information content (AvgIpc) is 2.32. The molecule has 4 heteroatoms. The molecule has 1 amide bonds. The summed E-state index contributed by atoms with van der Waals surface area (Å²) in [6, 6.07) is 11.0. The lowest BCUT2D eigenvalue weighted by atomic mass is 9.66. The van der Waals surface area contributed by atoms with E-state index in [4.69, 9.17) is 4.74 Å². The van der Waals surface area contributed by atoms with Gasteiger partial charge in [0.1, 0.15) is 5.60 Å². The Bertz CT molecular complexity index is 515. The van der Waals surface area contributed by atoms with Crippen LogP contribution in [0.1, 0.15) is 26.3 Å². The molecule has 1 aromatic rings. The van der Waals surface area contributed by atoms with Gasteiger partial charge in [-0.15, -0.1) is 0 Å². The van der Waals surface area contributed by atoms with Crippen molar-refractivity contribution < 1.29 is 9.53 Å². The smallest absolute Gasteiger partial charge is 0.410 e. The highest BCUT2D eigenvalue weighted by molar-refractivity contribution is 5.69. The second-order valence-corrected chi connectivity index (χ2v) is 7.32. The minimum Gasteiger partial charge on any atom is -0.444 e. The van der Waals surface area contributed by atoms with Crippen molar-refractivity contribution in [2.75, 3.05) is 19.6 Å². The second-order valence-electron chi connectivity index (χ2n) is 7.32. The third kappa shape index (κ3) is 2.91. The molecular formula is C17H24N2O2. The molecule has 2 aliphatic heterocycles. The number of hydrogen-bond donors (Lipinski definition) is 1. The van der Waals surface area contributed by atoms with Gasteiger partial charge in [-0.05, 0) is 32.8 Å². The van der Waals surface area contributed by atoms with E-state index in [1.54, 1.807) is 0 Å². The molecule has 3 rings (SSSR count). The Morgan fingerprint density at radius 1 is 1.33 bits per heavy atom. The first-order valence-corrected chi connectivity index (χ1v) is 7.63. The standard InChI is InChI=1S/C17H24N2O2/c1-16(2,3)21-15(20)19-11-17(12-19)10-18-14(17)9-13-7-5-4-6-8-13/h4-8,14,18H,9-12H2,1-3H3. The fraction of sp³-hybridized carbons (Fsp3) is 0.588. The molecule has 21 heavy (non-hydrogen) atoms. The van der Waals surface area contributed by atoms with E-state index < -0.39 is 5.60 Å². The number of carbonyl (C=O) groups excluding carboxylic acids is 1. The molecule has 0 aliphatic carbocycles. The molecule has 2 fully saturated rings. The van der Waals surface area contributed by atoms with E-state index in [9.17, 15) is 4.79 Å². The number of benzene rings is 1. The molecule has 2 saturated heterocycles. The quantitative estimate of drug-likeness (QED) is 0.909. The van der Waals surface area contributed by atoms with Crippen LogP contribution in [0, 0.1) is 5.41 Å². The van der Waals surface area contributed by atoms with Crippen molar-refractivity contribution in [2.45, 2.75) is 38.8 Å². The van der Waals surface area contributed by atoms with Gasteiger partial charge in [0.15, 0.2) is 0 Å². The predicted octanol–water partition coefficient (Wildman–Crippen LogP) is 2.44. The van der Waals surface area contributed by atoms with Crippen molar-refractivity contribution in [3.8, 4) is 0 Å². The summed E-state index contributed by atoms with van der Waals surface area (Å²) in [5.74, 6) is 0. The molecule has 0 bridgehead atoms. The maximum atomic E-state index is 12.0. The van der Waals surface area contributed by atoms with Gasteiger partial charge in [0.2, 0.25) is 0 Å². The monoisotopic (exact) mass is 288 g/mol. The Kier molecular flexibility index (Phi) is 3.44. The minimum atomic E-state index is -0.416. The molecule has 1 N–H and O–H groups in total. The van der Waals surface area contributed by atoms with Gasteiger partial charge in [0, 0.05) is 31.1 Å². The number of hydrogen-bond acceptors (Lipinski definition) is 3. The molecule has 0 saturated carbocycles. The van der Waals surface area contributed by atoms with Crippen LogP contribution in [-0.2, 0) is 11.2 Å². The van der Waals surface area contributed by atoms with Gasteiger partial charge in [-0.25, -0.2) is 4.79 Å². The number of amides is 1. The second kappa shape index (κ2) is 5.02. The van der Waals surface area contributed by atoms with Crippen molar-refractivity contribution in [3.63, 3.8) is 0 Å². The summed E-state index contributed by atoms with van der Waals surface area (Å²) in [5, 5.41) is 3.52. The summed E-state index contributed by atoms with van der Waals surface area (Å²) in [6.07, 6.45) is 0.849. The van der Waals surface area contributed by atoms with E-state index in [0.717, 1.165) is 26.1 Å². The molecule has 2 heterocycles. The largest absolute Gasteiger partial charge is 0.444 e. The highest BCUT2D eigenvalue weighted by atomic mass is 16.6. The van der Waals surface area contributed by atoms with Crippen LogP contribution in [-0.4, -0.2) is 42.3 Å². The van der Waals surface area contributed by atoms with Gasteiger partial charge >= 0.3 is 6.09 Å². The van der Waals surface area contributed by atoms with E-state index >= 15 is 0 Å². The topological polar surface area (TPSA) is 41.6 Å². The molecule has 4 nitrogen and oxygen atoms in total. The fourth-order valence-electron chi connectivity index (χ4n) is 3.18. The van der Waals surface area contributed by atoms with Crippen LogP contribution in [0.3, 0.4) is 0 Å². The molecule has 1 aromatic carbocycles. The molecule has 114 valence electrons. The van der Waals surface area contributed by atoms with Crippen LogP contribution in [0.25, 0.3) is 0 Å². The molecule has 1 atom stereocenters. The highest BCUT2D eigenvalue weighted by Crippen LogP contribution is 2.41. The number of carbonyl (C=O) groups is 1. The summed E-state index contributed by atoms with van der Waals surface area (Å²) in [5.41, 5.74) is 1.19.